The van der Waals surface area contributed by atoms with Crippen LogP contribution in [0.2, 0.25) is 0 Å². The van der Waals surface area contributed by atoms with E-state index in [0.29, 0.717) is 24.7 Å². The summed E-state index contributed by atoms with van der Waals surface area (Å²) in [7, 11) is 1.64. The van der Waals surface area contributed by atoms with Crippen molar-refractivity contribution in [1.29, 1.82) is 0 Å². The van der Waals surface area contributed by atoms with Gasteiger partial charge in [0.1, 0.15) is 17.3 Å². The predicted molar refractivity (Wildman–Crippen MR) is 101 cm³/mol. The maximum Gasteiger partial charge on any atom is 0.228 e. The Morgan fingerprint density at radius 1 is 1.07 bits per heavy atom. The van der Waals surface area contributed by atoms with E-state index < -0.39 is 5.41 Å². The topological polar surface area (TPSA) is 59.6 Å². The highest BCUT2D eigenvalue weighted by Gasteiger charge is 2.39. The van der Waals surface area contributed by atoms with Gasteiger partial charge in [0, 0.05) is 13.7 Å². The molecule has 2 N–H and O–H groups in total. The molecule has 1 fully saturated rings. The lowest BCUT2D eigenvalue weighted by Crippen LogP contribution is -2.49. The third kappa shape index (κ3) is 5.05. The highest BCUT2D eigenvalue weighted by molar-refractivity contribution is 5.83. The van der Waals surface area contributed by atoms with Crippen LogP contribution in [-0.4, -0.2) is 32.7 Å². The van der Waals surface area contributed by atoms with Gasteiger partial charge in [-0.1, -0.05) is 12.1 Å². The van der Waals surface area contributed by atoms with Crippen LogP contribution in [0, 0.1) is 11.2 Å². The monoisotopic (exact) mass is 372 g/mol. The van der Waals surface area contributed by atoms with E-state index in [2.05, 4.69) is 10.6 Å². The molecule has 1 heterocycles. The molecule has 0 atom stereocenters. The molecule has 0 unspecified atom stereocenters. The van der Waals surface area contributed by atoms with Crippen LogP contribution in [0.25, 0.3) is 0 Å². The van der Waals surface area contributed by atoms with Crippen LogP contribution in [0.3, 0.4) is 0 Å². The molecule has 2 aromatic rings. The SMILES string of the molecule is COCC1(C(=O)NCc2ccc(Oc3ccc(F)cc3)cc2)CCNCC1. The fourth-order valence-corrected chi connectivity index (χ4v) is 3.30. The summed E-state index contributed by atoms with van der Waals surface area (Å²) in [6.07, 6.45) is 1.55. The van der Waals surface area contributed by atoms with Gasteiger partial charge in [-0.05, 0) is 67.9 Å². The number of nitrogens with one attached hydrogen (secondary N) is 2. The predicted octanol–water partition coefficient (Wildman–Crippen LogP) is 3.25. The minimum atomic E-state index is -0.453. The summed E-state index contributed by atoms with van der Waals surface area (Å²) >= 11 is 0. The number of methoxy groups -OCH3 is 1. The van der Waals surface area contributed by atoms with Crippen molar-refractivity contribution < 1.29 is 18.7 Å². The van der Waals surface area contributed by atoms with Gasteiger partial charge in [0.2, 0.25) is 5.91 Å². The number of ether oxygens (including phenoxy) is 2. The number of piperidine rings is 1. The van der Waals surface area contributed by atoms with E-state index in [0.717, 1.165) is 31.5 Å². The van der Waals surface area contributed by atoms with Crippen molar-refractivity contribution in [3.63, 3.8) is 0 Å². The van der Waals surface area contributed by atoms with Crippen LogP contribution >= 0.6 is 0 Å². The first-order valence-electron chi connectivity index (χ1n) is 9.12. The lowest BCUT2D eigenvalue weighted by molar-refractivity contribution is -0.136. The van der Waals surface area contributed by atoms with Crippen molar-refractivity contribution in [2.75, 3.05) is 26.8 Å². The number of amides is 1. The van der Waals surface area contributed by atoms with Gasteiger partial charge in [-0.2, -0.15) is 0 Å². The first kappa shape index (κ1) is 19.3. The molecule has 5 nitrogen and oxygen atoms in total. The average molecular weight is 372 g/mol. The van der Waals surface area contributed by atoms with Crippen molar-refractivity contribution in [2.45, 2.75) is 19.4 Å². The Kier molecular flexibility index (Phi) is 6.42. The molecule has 1 amide bonds. The number of rotatable bonds is 7. The van der Waals surface area contributed by atoms with Gasteiger partial charge < -0.3 is 20.1 Å². The van der Waals surface area contributed by atoms with Crippen molar-refractivity contribution in [3.8, 4) is 11.5 Å². The van der Waals surface area contributed by atoms with E-state index in [1.54, 1.807) is 19.2 Å². The molecule has 6 heteroatoms. The number of hydrogen-bond donors (Lipinski definition) is 2. The Labute approximate surface area is 158 Å². The second kappa shape index (κ2) is 8.97. The Hall–Kier alpha value is -2.44. The number of carbonyl (C=O) groups excluding carboxylic acids is 1. The smallest absolute Gasteiger partial charge is 0.228 e. The molecule has 1 saturated heterocycles. The highest BCUT2D eigenvalue weighted by Crippen LogP contribution is 2.29. The van der Waals surface area contributed by atoms with E-state index in [1.807, 2.05) is 24.3 Å². The zero-order valence-electron chi connectivity index (χ0n) is 15.5. The van der Waals surface area contributed by atoms with E-state index >= 15 is 0 Å². The van der Waals surface area contributed by atoms with Gasteiger partial charge in [0.25, 0.3) is 0 Å². The molecule has 0 bridgehead atoms. The standard InChI is InChI=1S/C21H25FN2O3/c1-26-15-21(10-12-23-13-11-21)20(25)24-14-16-2-6-18(7-3-16)27-19-8-4-17(22)5-9-19/h2-9,23H,10-15H2,1H3,(H,24,25). The molecular formula is C21H25FN2O3. The summed E-state index contributed by atoms with van der Waals surface area (Å²) < 4.78 is 23.9. The maximum absolute atomic E-state index is 12.9. The summed E-state index contributed by atoms with van der Waals surface area (Å²) in [6.45, 7) is 2.54. The van der Waals surface area contributed by atoms with Crippen LogP contribution in [0.4, 0.5) is 4.39 Å². The van der Waals surface area contributed by atoms with Gasteiger partial charge in [-0.15, -0.1) is 0 Å². The van der Waals surface area contributed by atoms with E-state index in [1.165, 1.54) is 12.1 Å². The van der Waals surface area contributed by atoms with Crippen LogP contribution in [0.15, 0.2) is 48.5 Å². The summed E-state index contributed by atoms with van der Waals surface area (Å²) in [5.41, 5.74) is 0.530. The third-order valence-electron chi connectivity index (χ3n) is 4.89. The second-order valence-corrected chi connectivity index (χ2v) is 6.85. The number of benzene rings is 2. The lowest BCUT2D eigenvalue weighted by Gasteiger charge is -2.35. The summed E-state index contributed by atoms with van der Waals surface area (Å²) in [4.78, 5) is 12.7. The lowest BCUT2D eigenvalue weighted by atomic mass is 9.78. The fourth-order valence-electron chi connectivity index (χ4n) is 3.30. The van der Waals surface area contributed by atoms with Gasteiger partial charge in [-0.25, -0.2) is 4.39 Å². The van der Waals surface area contributed by atoms with Crippen molar-refractivity contribution in [3.05, 3.63) is 59.9 Å². The van der Waals surface area contributed by atoms with Gasteiger partial charge in [-0.3, -0.25) is 4.79 Å². The zero-order valence-corrected chi connectivity index (χ0v) is 15.5. The quantitative estimate of drug-likeness (QED) is 0.783. The zero-order chi connectivity index (χ0) is 19.1. The van der Waals surface area contributed by atoms with Gasteiger partial charge in [0.05, 0.1) is 12.0 Å². The Morgan fingerprint density at radius 3 is 2.26 bits per heavy atom. The van der Waals surface area contributed by atoms with Gasteiger partial charge in [0.15, 0.2) is 0 Å². The summed E-state index contributed by atoms with van der Waals surface area (Å²) in [5.74, 6) is 0.974. The number of hydrogen-bond acceptors (Lipinski definition) is 4. The van der Waals surface area contributed by atoms with E-state index in [9.17, 15) is 9.18 Å². The molecule has 1 aliphatic heterocycles. The molecule has 0 saturated carbocycles. The largest absolute Gasteiger partial charge is 0.457 e. The Balaban J connectivity index is 1.56. The maximum atomic E-state index is 12.9. The van der Waals surface area contributed by atoms with Crippen LogP contribution in [0.1, 0.15) is 18.4 Å². The van der Waals surface area contributed by atoms with Crippen LogP contribution in [-0.2, 0) is 16.1 Å². The first-order chi connectivity index (χ1) is 13.1. The van der Waals surface area contributed by atoms with E-state index in [-0.39, 0.29) is 11.7 Å². The molecule has 2 aromatic carbocycles. The summed E-state index contributed by atoms with van der Waals surface area (Å²) in [6, 6.07) is 13.4. The van der Waals surface area contributed by atoms with Gasteiger partial charge >= 0.3 is 0 Å². The van der Waals surface area contributed by atoms with E-state index in [4.69, 9.17) is 9.47 Å². The minimum absolute atomic E-state index is 0.0393. The van der Waals surface area contributed by atoms with Crippen molar-refractivity contribution in [1.82, 2.24) is 10.6 Å². The number of carbonyl (C=O) groups is 1. The molecule has 0 aromatic heterocycles. The molecule has 1 aliphatic rings. The average Bonchev–Trinajstić information content (AvgIpc) is 2.70. The first-order valence-corrected chi connectivity index (χ1v) is 9.12. The fraction of sp³-hybridized carbons (Fsp3) is 0.381. The normalized spacial score (nSPS) is 15.9. The van der Waals surface area contributed by atoms with Crippen molar-refractivity contribution >= 4 is 5.91 Å². The van der Waals surface area contributed by atoms with Crippen LogP contribution in [0.5, 0.6) is 11.5 Å². The molecule has 0 aliphatic carbocycles. The van der Waals surface area contributed by atoms with Crippen LogP contribution < -0.4 is 15.4 Å². The van der Waals surface area contributed by atoms with Crippen molar-refractivity contribution in [2.24, 2.45) is 5.41 Å². The molecule has 0 radical (unpaired) electrons. The second-order valence-electron chi connectivity index (χ2n) is 6.85. The third-order valence-corrected chi connectivity index (χ3v) is 4.89. The molecular weight excluding hydrogens is 347 g/mol. The number of halogens is 1. The minimum Gasteiger partial charge on any atom is -0.457 e. The molecule has 0 spiro atoms. The molecule has 3 rings (SSSR count). The molecule has 27 heavy (non-hydrogen) atoms. The Bertz CT molecular complexity index is 736. The highest BCUT2D eigenvalue weighted by atomic mass is 19.1. The summed E-state index contributed by atoms with van der Waals surface area (Å²) in [5, 5.41) is 6.33. The Morgan fingerprint density at radius 2 is 1.67 bits per heavy atom. The molecule has 144 valence electrons.